The van der Waals surface area contributed by atoms with Gasteiger partial charge in [-0.15, -0.1) is 0 Å². The first kappa shape index (κ1) is 23.1. The Balaban J connectivity index is 1.68. The first-order valence-electron chi connectivity index (χ1n) is 11.0. The first-order chi connectivity index (χ1) is 16.6. The monoisotopic (exact) mass is 496 g/mol. The summed E-state index contributed by atoms with van der Waals surface area (Å²) < 4.78 is 53.4. The number of fused-ring (bicyclic) bond motifs is 1. The highest BCUT2D eigenvalue weighted by molar-refractivity contribution is 7.91. The van der Waals surface area contributed by atoms with Gasteiger partial charge in [0, 0.05) is 11.6 Å². The topological polar surface area (TPSA) is 94.0 Å². The number of pyridine rings is 1. The van der Waals surface area contributed by atoms with Crippen molar-refractivity contribution in [2.45, 2.75) is 26.3 Å². The molecule has 180 valence electrons. The second-order valence-electron chi connectivity index (χ2n) is 8.78. The van der Waals surface area contributed by atoms with Gasteiger partial charge in [-0.25, -0.2) is 26.9 Å². The zero-order valence-electron chi connectivity index (χ0n) is 19.0. The highest BCUT2D eigenvalue weighted by Crippen LogP contribution is 2.32. The van der Waals surface area contributed by atoms with E-state index in [0.717, 1.165) is 23.3 Å². The number of carbonyl (C=O) groups is 1. The second kappa shape index (κ2) is 8.53. The standard InChI is InChI=1S/C25H22F2N4O3S/c1-14-3-5-16(6-4-14)22-12-19(25(32)29-21-8-7-17(26)11-20(21)27)23-15(2)30-31(24(23)28-22)18-9-10-35(33,34)13-18/h3-8,11-12,18H,9-10,13H2,1-2H3,(H,29,32). The summed E-state index contributed by atoms with van der Waals surface area (Å²) >= 11 is 0. The number of amides is 1. The van der Waals surface area contributed by atoms with Gasteiger partial charge in [0.05, 0.1) is 45.6 Å². The van der Waals surface area contributed by atoms with E-state index < -0.39 is 33.4 Å². The lowest BCUT2D eigenvalue weighted by Gasteiger charge is -2.13. The Bertz CT molecular complexity index is 1580. The van der Waals surface area contributed by atoms with Crippen LogP contribution in [-0.2, 0) is 9.84 Å². The number of nitrogens with zero attached hydrogens (tertiary/aromatic N) is 3. The molecule has 1 saturated heterocycles. The van der Waals surface area contributed by atoms with Crippen molar-refractivity contribution in [1.82, 2.24) is 14.8 Å². The zero-order valence-corrected chi connectivity index (χ0v) is 19.9. The average Bonchev–Trinajstić information content (AvgIpc) is 3.34. The van der Waals surface area contributed by atoms with Gasteiger partial charge in [0.2, 0.25) is 0 Å². The minimum absolute atomic E-state index is 0.0536. The lowest BCUT2D eigenvalue weighted by Crippen LogP contribution is -2.15. The van der Waals surface area contributed by atoms with E-state index in [1.54, 1.807) is 17.7 Å². The summed E-state index contributed by atoms with van der Waals surface area (Å²) in [5.41, 5.74) is 3.22. The van der Waals surface area contributed by atoms with Gasteiger partial charge in [0.15, 0.2) is 15.5 Å². The number of hydrogen-bond donors (Lipinski definition) is 1. The minimum Gasteiger partial charge on any atom is -0.319 e. The van der Waals surface area contributed by atoms with Crippen LogP contribution in [0.5, 0.6) is 0 Å². The van der Waals surface area contributed by atoms with Crippen LogP contribution in [0.2, 0.25) is 0 Å². The highest BCUT2D eigenvalue weighted by Gasteiger charge is 2.32. The molecule has 2 aromatic heterocycles. The van der Waals surface area contributed by atoms with Crippen molar-refractivity contribution >= 4 is 32.5 Å². The fourth-order valence-corrected chi connectivity index (χ4v) is 6.06. The van der Waals surface area contributed by atoms with Crippen molar-refractivity contribution in [2.24, 2.45) is 0 Å². The van der Waals surface area contributed by atoms with Gasteiger partial charge in [0.1, 0.15) is 11.6 Å². The molecular formula is C25H22F2N4O3S. The molecule has 0 bridgehead atoms. The van der Waals surface area contributed by atoms with Gasteiger partial charge < -0.3 is 5.32 Å². The number of anilines is 1. The number of rotatable bonds is 4. The molecule has 0 saturated carbocycles. The van der Waals surface area contributed by atoms with Crippen molar-refractivity contribution in [3.05, 3.63) is 77.0 Å². The predicted molar refractivity (Wildman–Crippen MR) is 129 cm³/mol. The molecule has 1 atom stereocenters. The summed E-state index contributed by atoms with van der Waals surface area (Å²) in [7, 11) is -3.19. The number of aryl methyl sites for hydroxylation is 2. The highest BCUT2D eigenvalue weighted by atomic mass is 32.2. The van der Waals surface area contributed by atoms with Gasteiger partial charge >= 0.3 is 0 Å². The molecule has 1 amide bonds. The Morgan fingerprint density at radius 3 is 2.49 bits per heavy atom. The van der Waals surface area contributed by atoms with Gasteiger partial charge in [-0.3, -0.25) is 4.79 Å². The largest absolute Gasteiger partial charge is 0.319 e. The van der Waals surface area contributed by atoms with Gasteiger partial charge in [-0.1, -0.05) is 29.8 Å². The maximum absolute atomic E-state index is 14.2. The normalized spacial score (nSPS) is 17.1. The summed E-state index contributed by atoms with van der Waals surface area (Å²) in [4.78, 5) is 18.1. The second-order valence-corrected chi connectivity index (χ2v) is 11.0. The van der Waals surface area contributed by atoms with Crippen LogP contribution in [0.25, 0.3) is 22.3 Å². The third-order valence-electron chi connectivity index (χ3n) is 6.16. The van der Waals surface area contributed by atoms with Crippen molar-refractivity contribution < 1.29 is 22.0 Å². The molecule has 0 spiro atoms. The summed E-state index contributed by atoms with van der Waals surface area (Å²) in [6.07, 6.45) is 0.400. The van der Waals surface area contributed by atoms with Crippen molar-refractivity contribution in [3.63, 3.8) is 0 Å². The maximum Gasteiger partial charge on any atom is 0.256 e. The Labute approximate surface area is 200 Å². The van der Waals surface area contributed by atoms with E-state index in [1.165, 1.54) is 0 Å². The molecular weight excluding hydrogens is 474 g/mol. The molecule has 35 heavy (non-hydrogen) atoms. The van der Waals surface area contributed by atoms with Crippen LogP contribution in [0, 0.1) is 25.5 Å². The SMILES string of the molecule is Cc1ccc(-c2cc(C(=O)Nc3ccc(F)cc3F)c3c(C)nn(C4CCS(=O)(=O)C4)c3n2)cc1. The Kier molecular flexibility index (Phi) is 5.63. The summed E-state index contributed by atoms with van der Waals surface area (Å²) in [6.45, 7) is 3.67. The quantitative estimate of drug-likeness (QED) is 0.446. The molecule has 2 aromatic carbocycles. The zero-order chi connectivity index (χ0) is 24.9. The molecule has 1 N–H and O–H groups in total. The molecule has 10 heteroatoms. The summed E-state index contributed by atoms with van der Waals surface area (Å²) in [5, 5.41) is 7.51. The van der Waals surface area contributed by atoms with Crippen molar-refractivity contribution in [2.75, 3.05) is 16.8 Å². The molecule has 7 nitrogen and oxygen atoms in total. The molecule has 4 aromatic rings. The molecule has 0 aliphatic carbocycles. The smallest absolute Gasteiger partial charge is 0.256 e. The van der Waals surface area contributed by atoms with Crippen LogP contribution in [0.1, 0.15) is 34.1 Å². The van der Waals surface area contributed by atoms with Crippen molar-refractivity contribution in [3.8, 4) is 11.3 Å². The van der Waals surface area contributed by atoms with Crippen LogP contribution in [-0.4, -0.2) is 40.6 Å². The van der Waals surface area contributed by atoms with E-state index in [4.69, 9.17) is 4.98 Å². The summed E-state index contributed by atoms with van der Waals surface area (Å²) in [5.74, 6) is -2.25. The fourth-order valence-electron chi connectivity index (χ4n) is 4.37. The van der Waals surface area contributed by atoms with E-state index in [1.807, 2.05) is 31.2 Å². The van der Waals surface area contributed by atoms with Gasteiger partial charge in [-0.05, 0) is 38.5 Å². The minimum atomic E-state index is -3.19. The number of nitrogens with one attached hydrogen (secondary N) is 1. The van der Waals surface area contributed by atoms with Gasteiger partial charge in [0.25, 0.3) is 5.91 Å². The van der Waals surface area contributed by atoms with Gasteiger partial charge in [-0.2, -0.15) is 5.10 Å². The fraction of sp³-hybridized carbons (Fsp3) is 0.240. The van der Waals surface area contributed by atoms with Crippen LogP contribution in [0.4, 0.5) is 14.5 Å². The third-order valence-corrected chi connectivity index (χ3v) is 7.91. The number of sulfone groups is 1. The summed E-state index contributed by atoms with van der Waals surface area (Å²) in [6, 6.07) is 11.7. The number of halogens is 2. The Hall–Kier alpha value is -3.66. The third kappa shape index (κ3) is 4.41. The van der Waals surface area contributed by atoms with E-state index in [0.29, 0.717) is 34.9 Å². The Morgan fingerprint density at radius 2 is 1.83 bits per heavy atom. The lowest BCUT2D eigenvalue weighted by molar-refractivity contribution is 0.102. The number of aromatic nitrogens is 3. The van der Waals surface area contributed by atoms with Crippen LogP contribution >= 0.6 is 0 Å². The maximum atomic E-state index is 14.2. The molecule has 1 unspecified atom stereocenters. The molecule has 1 aliphatic heterocycles. The first-order valence-corrected chi connectivity index (χ1v) is 12.9. The number of carbonyl (C=O) groups excluding carboxylic acids is 1. The van der Waals surface area contributed by atoms with E-state index in [-0.39, 0.29) is 22.8 Å². The molecule has 5 rings (SSSR count). The van der Waals surface area contributed by atoms with Crippen LogP contribution < -0.4 is 5.32 Å². The average molecular weight is 497 g/mol. The number of benzene rings is 2. The predicted octanol–water partition coefficient (Wildman–Crippen LogP) is 4.61. The van der Waals surface area contributed by atoms with E-state index in [9.17, 15) is 22.0 Å². The van der Waals surface area contributed by atoms with Crippen LogP contribution in [0.3, 0.4) is 0 Å². The van der Waals surface area contributed by atoms with Crippen molar-refractivity contribution in [1.29, 1.82) is 0 Å². The molecule has 0 radical (unpaired) electrons. The number of hydrogen-bond acceptors (Lipinski definition) is 5. The van der Waals surface area contributed by atoms with E-state index in [2.05, 4.69) is 10.4 Å². The molecule has 3 heterocycles. The van der Waals surface area contributed by atoms with Crippen LogP contribution in [0.15, 0.2) is 48.5 Å². The Morgan fingerprint density at radius 1 is 1.09 bits per heavy atom. The molecule has 1 fully saturated rings. The lowest BCUT2D eigenvalue weighted by atomic mass is 10.0. The molecule has 1 aliphatic rings. The van der Waals surface area contributed by atoms with E-state index >= 15 is 0 Å².